The summed E-state index contributed by atoms with van der Waals surface area (Å²) in [4.78, 5) is 5.24. The average Bonchev–Trinajstić information content (AvgIpc) is 3.34. The van der Waals surface area contributed by atoms with Crippen molar-refractivity contribution in [1.29, 1.82) is 0 Å². The zero-order valence-electron chi connectivity index (χ0n) is 21.7. The van der Waals surface area contributed by atoms with E-state index < -0.39 is 0 Å². The number of benzene rings is 4. The van der Waals surface area contributed by atoms with Crippen LogP contribution in [-0.4, -0.2) is 47.1 Å². The van der Waals surface area contributed by atoms with Crippen molar-refractivity contribution < 1.29 is 4.39 Å². The summed E-state index contributed by atoms with van der Waals surface area (Å²) in [6.07, 6.45) is 1.08. The maximum atomic E-state index is 13.6. The molecule has 1 aromatic heterocycles. The molecule has 1 saturated heterocycles. The molecule has 0 bridgehead atoms. The molecule has 0 atom stereocenters. The molecule has 0 radical (unpaired) electrons. The van der Waals surface area contributed by atoms with Gasteiger partial charge in [-0.2, -0.15) is 0 Å². The van der Waals surface area contributed by atoms with Crippen LogP contribution < -0.4 is 0 Å². The molecule has 0 aliphatic carbocycles. The largest absolute Gasteiger partial charge is 0.340 e. The Labute approximate surface area is 224 Å². The van der Waals surface area contributed by atoms with E-state index in [1.807, 2.05) is 12.1 Å². The highest BCUT2D eigenvalue weighted by molar-refractivity contribution is 5.87. The van der Waals surface area contributed by atoms with Crippen LogP contribution >= 0.6 is 0 Å². The number of piperazine rings is 1. The third-order valence-electron chi connectivity index (χ3n) is 7.81. The second-order valence-electron chi connectivity index (χ2n) is 10.2. The van der Waals surface area contributed by atoms with Crippen LogP contribution in [0.1, 0.15) is 23.6 Å². The predicted molar refractivity (Wildman–Crippen MR) is 155 cm³/mol. The van der Waals surface area contributed by atoms with Gasteiger partial charge in [0.1, 0.15) is 5.82 Å². The predicted octanol–water partition coefficient (Wildman–Crippen LogP) is 7.24. The standard InChI is InChI=1S/C34H34FN3/c35-31-18-16-27(17-19-31)33-26-30-14-7-8-15-32(30)38(33)21-9-20-36-22-24-37(25-23-36)34(28-10-3-1-4-11-28)29-12-5-2-6-13-29/h1-8,10-19,26,34H,9,20-25H2. The van der Waals surface area contributed by atoms with Gasteiger partial charge in [0.05, 0.1) is 6.04 Å². The van der Waals surface area contributed by atoms with Crippen LogP contribution in [0.25, 0.3) is 22.2 Å². The van der Waals surface area contributed by atoms with Crippen molar-refractivity contribution in [3.8, 4) is 11.3 Å². The molecule has 5 aromatic rings. The number of aromatic nitrogens is 1. The lowest BCUT2D eigenvalue weighted by molar-refractivity contribution is 0.108. The number of aryl methyl sites for hydroxylation is 1. The van der Waals surface area contributed by atoms with Gasteiger partial charge < -0.3 is 9.47 Å². The zero-order valence-corrected chi connectivity index (χ0v) is 21.7. The Morgan fingerprint density at radius 1 is 0.632 bits per heavy atom. The van der Waals surface area contributed by atoms with Crippen LogP contribution in [-0.2, 0) is 6.54 Å². The number of rotatable bonds is 8. The minimum Gasteiger partial charge on any atom is -0.340 e. The summed E-state index contributed by atoms with van der Waals surface area (Å²) < 4.78 is 16.0. The van der Waals surface area contributed by atoms with E-state index in [1.165, 1.54) is 22.0 Å². The molecule has 2 heterocycles. The number of fused-ring (bicyclic) bond motifs is 1. The van der Waals surface area contributed by atoms with Gasteiger partial charge in [-0.25, -0.2) is 4.39 Å². The molecule has 4 heteroatoms. The zero-order chi connectivity index (χ0) is 25.7. The highest BCUT2D eigenvalue weighted by atomic mass is 19.1. The third-order valence-corrected chi connectivity index (χ3v) is 7.81. The summed E-state index contributed by atoms with van der Waals surface area (Å²) in [7, 11) is 0. The number of halogens is 1. The summed E-state index contributed by atoms with van der Waals surface area (Å²) in [6.45, 7) is 6.28. The second kappa shape index (κ2) is 11.3. The minimum absolute atomic E-state index is 0.197. The van der Waals surface area contributed by atoms with Crippen molar-refractivity contribution >= 4 is 10.9 Å². The van der Waals surface area contributed by atoms with Gasteiger partial charge in [-0.15, -0.1) is 0 Å². The first-order valence-corrected chi connectivity index (χ1v) is 13.7. The van der Waals surface area contributed by atoms with Crippen molar-refractivity contribution in [2.24, 2.45) is 0 Å². The smallest absolute Gasteiger partial charge is 0.123 e. The first-order valence-electron chi connectivity index (χ1n) is 13.7. The van der Waals surface area contributed by atoms with Gasteiger partial charge in [-0.05, 0) is 66.1 Å². The molecule has 0 spiro atoms. The molecule has 1 aliphatic heterocycles. The fourth-order valence-corrected chi connectivity index (χ4v) is 5.89. The van der Waals surface area contributed by atoms with Crippen LogP contribution in [0.15, 0.2) is 115 Å². The molecule has 4 aromatic carbocycles. The van der Waals surface area contributed by atoms with E-state index in [1.54, 1.807) is 12.1 Å². The Morgan fingerprint density at radius 2 is 1.24 bits per heavy atom. The maximum Gasteiger partial charge on any atom is 0.123 e. The molecule has 0 N–H and O–H groups in total. The Balaban J connectivity index is 1.12. The van der Waals surface area contributed by atoms with Crippen molar-refractivity contribution in [1.82, 2.24) is 14.4 Å². The fraction of sp³-hybridized carbons (Fsp3) is 0.235. The van der Waals surface area contributed by atoms with Crippen LogP contribution in [0.5, 0.6) is 0 Å². The topological polar surface area (TPSA) is 11.4 Å². The molecule has 0 amide bonds. The normalized spacial score (nSPS) is 14.9. The van der Waals surface area contributed by atoms with Crippen LogP contribution in [0, 0.1) is 5.82 Å². The number of hydrogen-bond donors (Lipinski definition) is 0. The summed E-state index contributed by atoms with van der Waals surface area (Å²) in [6, 6.07) is 39.7. The first kappa shape index (κ1) is 24.6. The van der Waals surface area contributed by atoms with Crippen molar-refractivity contribution in [2.75, 3.05) is 32.7 Å². The SMILES string of the molecule is Fc1ccc(-c2cc3ccccc3n2CCCN2CCN(C(c3ccccc3)c3ccccc3)CC2)cc1. The number of para-hydroxylation sites is 1. The number of nitrogens with zero attached hydrogens (tertiary/aromatic N) is 3. The fourth-order valence-electron chi connectivity index (χ4n) is 5.89. The van der Waals surface area contributed by atoms with E-state index in [-0.39, 0.29) is 5.82 Å². The summed E-state index contributed by atoms with van der Waals surface area (Å²) in [5.41, 5.74) is 6.18. The Bertz CT molecular complexity index is 1410. The van der Waals surface area contributed by atoms with Crippen molar-refractivity contribution in [2.45, 2.75) is 19.0 Å². The maximum absolute atomic E-state index is 13.6. The molecule has 1 fully saturated rings. The van der Waals surface area contributed by atoms with Gasteiger partial charge in [-0.3, -0.25) is 4.90 Å². The average molecular weight is 504 g/mol. The molecular formula is C34H34FN3. The Kier molecular flexibility index (Phi) is 7.34. The molecule has 192 valence electrons. The van der Waals surface area contributed by atoms with E-state index in [9.17, 15) is 4.39 Å². The van der Waals surface area contributed by atoms with Gasteiger partial charge in [0, 0.05) is 49.3 Å². The third kappa shape index (κ3) is 5.28. The molecule has 3 nitrogen and oxygen atoms in total. The van der Waals surface area contributed by atoms with E-state index in [4.69, 9.17) is 0 Å². The minimum atomic E-state index is -0.197. The van der Waals surface area contributed by atoms with Gasteiger partial charge in [-0.1, -0.05) is 78.9 Å². The lowest BCUT2D eigenvalue weighted by atomic mass is 9.96. The summed E-state index contributed by atoms with van der Waals surface area (Å²) >= 11 is 0. The number of hydrogen-bond acceptors (Lipinski definition) is 2. The molecule has 0 saturated carbocycles. The lowest BCUT2D eigenvalue weighted by Gasteiger charge is -2.40. The lowest BCUT2D eigenvalue weighted by Crippen LogP contribution is -2.48. The van der Waals surface area contributed by atoms with E-state index in [0.717, 1.165) is 56.9 Å². The second-order valence-corrected chi connectivity index (χ2v) is 10.2. The van der Waals surface area contributed by atoms with Gasteiger partial charge >= 0.3 is 0 Å². The molecule has 6 rings (SSSR count). The molecule has 0 unspecified atom stereocenters. The van der Waals surface area contributed by atoms with E-state index in [2.05, 4.69) is 105 Å². The van der Waals surface area contributed by atoms with Crippen molar-refractivity contribution in [3.63, 3.8) is 0 Å². The van der Waals surface area contributed by atoms with Crippen LogP contribution in [0.4, 0.5) is 4.39 Å². The van der Waals surface area contributed by atoms with Crippen LogP contribution in [0.3, 0.4) is 0 Å². The monoisotopic (exact) mass is 503 g/mol. The summed E-state index contributed by atoms with van der Waals surface area (Å²) in [5, 5.41) is 1.23. The van der Waals surface area contributed by atoms with Gasteiger partial charge in [0.2, 0.25) is 0 Å². The van der Waals surface area contributed by atoms with Crippen molar-refractivity contribution in [3.05, 3.63) is 132 Å². The van der Waals surface area contributed by atoms with Gasteiger partial charge in [0.15, 0.2) is 0 Å². The van der Waals surface area contributed by atoms with Crippen LogP contribution in [0.2, 0.25) is 0 Å². The molecule has 38 heavy (non-hydrogen) atoms. The highest BCUT2D eigenvalue weighted by Crippen LogP contribution is 2.31. The quantitative estimate of drug-likeness (QED) is 0.221. The highest BCUT2D eigenvalue weighted by Gasteiger charge is 2.26. The van der Waals surface area contributed by atoms with E-state index in [0.29, 0.717) is 6.04 Å². The Hall–Kier alpha value is -3.73. The van der Waals surface area contributed by atoms with Gasteiger partial charge in [0.25, 0.3) is 0 Å². The summed E-state index contributed by atoms with van der Waals surface area (Å²) in [5.74, 6) is -0.197. The Morgan fingerprint density at radius 3 is 1.89 bits per heavy atom. The van der Waals surface area contributed by atoms with E-state index >= 15 is 0 Å². The molecular weight excluding hydrogens is 469 g/mol. The molecule has 1 aliphatic rings. The first-order chi connectivity index (χ1) is 18.8.